The molecule has 1 heterocycles. The lowest BCUT2D eigenvalue weighted by Crippen LogP contribution is -2.50. The van der Waals surface area contributed by atoms with Gasteiger partial charge in [0.2, 0.25) is 10.0 Å². The van der Waals surface area contributed by atoms with Crippen molar-refractivity contribution in [1.29, 1.82) is 0 Å². The van der Waals surface area contributed by atoms with Gasteiger partial charge in [-0.3, -0.25) is 0 Å². The van der Waals surface area contributed by atoms with Gasteiger partial charge in [-0.25, -0.2) is 17.5 Å². The number of nitrogens with one attached hydrogen (secondary N) is 2. The number of carbonyl (C=O) groups excluding carboxylic acids is 1. The molecule has 23 heavy (non-hydrogen) atoms. The van der Waals surface area contributed by atoms with Crippen LogP contribution in [0.1, 0.15) is 19.8 Å². The fourth-order valence-electron chi connectivity index (χ4n) is 2.52. The van der Waals surface area contributed by atoms with Gasteiger partial charge in [0.15, 0.2) is 0 Å². The average molecular weight is 341 g/mol. The van der Waals surface area contributed by atoms with Crippen molar-refractivity contribution < 1.29 is 17.9 Å². The minimum atomic E-state index is -3.22. The number of amides is 2. The maximum atomic E-state index is 12.0. The minimum absolute atomic E-state index is 0.179. The Bertz CT molecular complexity index is 631. The molecule has 7 nitrogen and oxygen atoms in total. The van der Waals surface area contributed by atoms with Crippen molar-refractivity contribution in [1.82, 2.24) is 9.62 Å². The molecular weight excluding hydrogens is 318 g/mol. The molecule has 0 saturated carbocycles. The van der Waals surface area contributed by atoms with Gasteiger partial charge in [-0.1, -0.05) is 0 Å². The van der Waals surface area contributed by atoms with E-state index >= 15 is 0 Å². The van der Waals surface area contributed by atoms with Crippen LogP contribution in [0.5, 0.6) is 5.75 Å². The van der Waals surface area contributed by atoms with Crippen LogP contribution in [0.15, 0.2) is 24.3 Å². The Morgan fingerprint density at radius 2 is 2.04 bits per heavy atom. The molecule has 2 N–H and O–H groups in total. The maximum absolute atomic E-state index is 12.0. The molecular formula is C15H23N3O4S. The monoisotopic (exact) mass is 341 g/mol. The molecule has 1 aromatic carbocycles. The highest BCUT2D eigenvalue weighted by Gasteiger charge is 2.26. The quantitative estimate of drug-likeness (QED) is 0.852. The van der Waals surface area contributed by atoms with Crippen LogP contribution in [0.2, 0.25) is 0 Å². The highest BCUT2D eigenvalue weighted by atomic mass is 32.2. The lowest BCUT2D eigenvalue weighted by atomic mass is 10.1. The fraction of sp³-hybridized carbons (Fsp3) is 0.533. The van der Waals surface area contributed by atoms with Gasteiger partial charge in [0.25, 0.3) is 0 Å². The maximum Gasteiger partial charge on any atom is 0.319 e. The molecule has 128 valence electrons. The van der Waals surface area contributed by atoms with E-state index in [1.807, 2.05) is 6.92 Å². The number of ether oxygens (including phenoxy) is 1. The molecule has 0 bridgehead atoms. The Morgan fingerprint density at radius 1 is 1.35 bits per heavy atom. The Kier molecular flexibility index (Phi) is 5.84. The van der Waals surface area contributed by atoms with Gasteiger partial charge in [-0.15, -0.1) is 0 Å². The molecule has 2 amide bonds. The normalized spacial score (nSPS) is 19.1. The zero-order valence-electron chi connectivity index (χ0n) is 13.4. The van der Waals surface area contributed by atoms with Gasteiger partial charge in [-0.05, 0) is 44.0 Å². The summed E-state index contributed by atoms with van der Waals surface area (Å²) in [5.41, 5.74) is 0.654. The van der Waals surface area contributed by atoms with Crippen molar-refractivity contribution in [3.8, 4) is 5.75 Å². The predicted molar refractivity (Wildman–Crippen MR) is 89.2 cm³/mol. The Hall–Kier alpha value is -1.80. The van der Waals surface area contributed by atoms with E-state index in [2.05, 4.69) is 10.6 Å². The molecule has 0 aromatic heterocycles. The number of anilines is 1. The van der Waals surface area contributed by atoms with E-state index in [0.717, 1.165) is 18.6 Å². The number of carbonyl (C=O) groups is 1. The van der Waals surface area contributed by atoms with Gasteiger partial charge in [0.05, 0.1) is 12.9 Å². The predicted octanol–water partition coefficient (Wildman–Crippen LogP) is 1.63. The molecule has 1 saturated heterocycles. The van der Waals surface area contributed by atoms with Crippen LogP contribution in [0.4, 0.5) is 10.5 Å². The summed E-state index contributed by atoms with van der Waals surface area (Å²) >= 11 is 0. The van der Waals surface area contributed by atoms with E-state index in [-0.39, 0.29) is 12.1 Å². The largest absolute Gasteiger partial charge is 0.494 e. The zero-order valence-corrected chi connectivity index (χ0v) is 14.2. The molecule has 1 aromatic rings. The van der Waals surface area contributed by atoms with E-state index in [4.69, 9.17) is 4.74 Å². The first-order valence-corrected chi connectivity index (χ1v) is 9.49. The first-order valence-electron chi connectivity index (χ1n) is 7.64. The summed E-state index contributed by atoms with van der Waals surface area (Å²) in [6, 6.07) is 6.56. The highest BCUT2D eigenvalue weighted by Crippen LogP contribution is 2.16. The van der Waals surface area contributed by atoms with Gasteiger partial charge in [-0.2, -0.15) is 0 Å². The van der Waals surface area contributed by atoms with E-state index in [1.165, 1.54) is 10.6 Å². The van der Waals surface area contributed by atoms with Crippen LogP contribution in [0.3, 0.4) is 0 Å². The molecule has 1 aliphatic heterocycles. The van der Waals surface area contributed by atoms with Crippen molar-refractivity contribution >= 4 is 21.7 Å². The number of nitrogens with zero attached hydrogens (tertiary/aromatic N) is 1. The number of urea groups is 1. The van der Waals surface area contributed by atoms with Crippen LogP contribution in [0.25, 0.3) is 0 Å². The Morgan fingerprint density at radius 3 is 2.65 bits per heavy atom. The fourth-order valence-corrected chi connectivity index (χ4v) is 3.43. The van der Waals surface area contributed by atoms with Crippen LogP contribution >= 0.6 is 0 Å². The van der Waals surface area contributed by atoms with Crippen LogP contribution in [-0.2, 0) is 10.0 Å². The molecule has 0 unspecified atom stereocenters. The first kappa shape index (κ1) is 17.6. The van der Waals surface area contributed by atoms with Crippen molar-refractivity contribution in [3.63, 3.8) is 0 Å². The van der Waals surface area contributed by atoms with Crippen molar-refractivity contribution in [2.45, 2.75) is 25.8 Å². The van der Waals surface area contributed by atoms with Crippen LogP contribution in [-0.4, -0.2) is 50.7 Å². The molecule has 0 aliphatic carbocycles. The zero-order chi connectivity index (χ0) is 16.9. The summed E-state index contributed by atoms with van der Waals surface area (Å²) in [6.07, 6.45) is 2.69. The van der Waals surface area contributed by atoms with E-state index in [1.54, 1.807) is 24.3 Å². The lowest BCUT2D eigenvalue weighted by Gasteiger charge is -2.31. The SMILES string of the molecule is CCOc1ccc(NC(=O)N[C@@H]2CCCN(S(C)(=O)=O)C2)cc1. The van der Waals surface area contributed by atoms with Crippen molar-refractivity contribution in [3.05, 3.63) is 24.3 Å². The second-order valence-electron chi connectivity index (χ2n) is 5.52. The number of hydrogen-bond acceptors (Lipinski definition) is 4. The molecule has 2 rings (SSSR count). The van der Waals surface area contributed by atoms with E-state index in [0.29, 0.717) is 25.4 Å². The number of hydrogen-bond donors (Lipinski definition) is 2. The van der Waals surface area contributed by atoms with Gasteiger partial charge < -0.3 is 15.4 Å². The van der Waals surface area contributed by atoms with E-state index < -0.39 is 10.0 Å². The summed E-state index contributed by atoms with van der Waals surface area (Å²) in [5.74, 6) is 0.745. The second kappa shape index (κ2) is 7.65. The number of piperidine rings is 1. The van der Waals surface area contributed by atoms with E-state index in [9.17, 15) is 13.2 Å². The minimum Gasteiger partial charge on any atom is -0.494 e. The van der Waals surface area contributed by atoms with Crippen LogP contribution < -0.4 is 15.4 Å². The summed E-state index contributed by atoms with van der Waals surface area (Å²) in [5, 5.41) is 5.56. The summed E-state index contributed by atoms with van der Waals surface area (Å²) in [7, 11) is -3.22. The van der Waals surface area contributed by atoms with Gasteiger partial charge in [0.1, 0.15) is 5.75 Å². The van der Waals surface area contributed by atoms with Crippen molar-refractivity contribution in [2.24, 2.45) is 0 Å². The third kappa shape index (κ3) is 5.40. The first-order chi connectivity index (χ1) is 10.9. The smallest absolute Gasteiger partial charge is 0.319 e. The molecule has 1 atom stereocenters. The summed E-state index contributed by atoms with van der Waals surface area (Å²) < 4.78 is 29.9. The van der Waals surface area contributed by atoms with Crippen molar-refractivity contribution in [2.75, 3.05) is 31.3 Å². The average Bonchev–Trinajstić information content (AvgIpc) is 2.49. The number of benzene rings is 1. The second-order valence-corrected chi connectivity index (χ2v) is 7.50. The third-order valence-corrected chi connectivity index (χ3v) is 4.88. The van der Waals surface area contributed by atoms with Gasteiger partial charge >= 0.3 is 6.03 Å². The van der Waals surface area contributed by atoms with Gasteiger partial charge in [0, 0.05) is 24.8 Å². The Balaban J connectivity index is 1.86. The summed E-state index contributed by atoms with van der Waals surface area (Å²) in [6.45, 7) is 3.32. The topological polar surface area (TPSA) is 87.7 Å². The highest BCUT2D eigenvalue weighted by molar-refractivity contribution is 7.88. The molecule has 1 aliphatic rings. The standard InChI is InChI=1S/C15H23N3O4S/c1-3-22-14-8-6-12(7-9-14)16-15(19)17-13-5-4-10-18(11-13)23(2,20)21/h6-9,13H,3-5,10-11H2,1-2H3,(H2,16,17,19)/t13-/m1/s1. The molecule has 0 spiro atoms. The third-order valence-electron chi connectivity index (χ3n) is 3.61. The number of sulfonamides is 1. The molecule has 0 radical (unpaired) electrons. The summed E-state index contributed by atoms with van der Waals surface area (Å²) in [4.78, 5) is 12.0. The lowest BCUT2D eigenvalue weighted by molar-refractivity contribution is 0.236. The Labute approximate surface area is 137 Å². The molecule has 8 heteroatoms. The van der Waals surface area contributed by atoms with Crippen LogP contribution in [0, 0.1) is 0 Å². The number of rotatable bonds is 5. The molecule has 1 fully saturated rings.